The molecule has 0 bridgehead atoms. The molecule has 144 valence electrons. The Hall–Kier alpha value is -2.04. The highest BCUT2D eigenvalue weighted by atomic mass is 16.2. The van der Waals surface area contributed by atoms with Gasteiger partial charge in [-0.2, -0.15) is 0 Å². The largest absolute Gasteiger partial charge is 0.372 e. The lowest BCUT2D eigenvalue weighted by Gasteiger charge is -2.34. The number of carbonyl (C=O) groups excluding carboxylic acids is 2. The van der Waals surface area contributed by atoms with Crippen LogP contribution in [0.1, 0.15) is 52.0 Å². The Bertz CT molecular complexity index is 581. The van der Waals surface area contributed by atoms with Crippen molar-refractivity contribution in [1.82, 2.24) is 9.80 Å². The summed E-state index contributed by atoms with van der Waals surface area (Å²) in [5.41, 5.74) is 2.26. The van der Waals surface area contributed by atoms with Crippen LogP contribution in [0.25, 0.3) is 0 Å². The lowest BCUT2D eigenvalue weighted by Crippen LogP contribution is -2.54. The van der Waals surface area contributed by atoms with Gasteiger partial charge in [0, 0.05) is 45.0 Å². The molecule has 1 aliphatic rings. The molecule has 0 aliphatic carbocycles. The summed E-state index contributed by atoms with van der Waals surface area (Å²) in [5.74, 6) is -0.702. The zero-order valence-corrected chi connectivity index (χ0v) is 16.5. The highest BCUT2D eigenvalue weighted by Crippen LogP contribution is 2.17. The molecule has 26 heavy (non-hydrogen) atoms. The maximum absolute atomic E-state index is 12.4. The second kappa shape index (κ2) is 10.2. The van der Waals surface area contributed by atoms with Crippen molar-refractivity contribution in [3.8, 4) is 0 Å². The van der Waals surface area contributed by atoms with Crippen LogP contribution in [-0.2, 0) is 16.1 Å². The normalized spacial score (nSPS) is 14.9. The second-order valence-electron chi connectivity index (χ2n) is 6.92. The molecule has 1 fully saturated rings. The van der Waals surface area contributed by atoms with Crippen LogP contribution in [0.2, 0.25) is 0 Å². The molecule has 1 aromatic carbocycles. The molecule has 0 saturated carbocycles. The van der Waals surface area contributed by atoms with E-state index in [4.69, 9.17) is 0 Å². The Morgan fingerprint density at radius 3 is 2.08 bits per heavy atom. The third-order valence-electron chi connectivity index (χ3n) is 5.12. The number of piperazine rings is 1. The van der Waals surface area contributed by atoms with Crippen LogP contribution in [-0.4, -0.2) is 54.3 Å². The molecule has 5 nitrogen and oxygen atoms in total. The molecule has 5 heteroatoms. The fraction of sp³-hybridized carbons (Fsp3) is 0.619. The van der Waals surface area contributed by atoms with Crippen molar-refractivity contribution < 1.29 is 9.59 Å². The fourth-order valence-electron chi connectivity index (χ4n) is 3.43. The van der Waals surface area contributed by atoms with Gasteiger partial charge in [-0.05, 0) is 38.0 Å². The molecule has 2 rings (SSSR count). The van der Waals surface area contributed by atoms with Gasteiger partial charge in [0.1, 0.15) is 0 Å². The minimum atomic E-state index is -0.362. The summed E-state index contributed by atoms with van der Waals surface area (Å²) < 4.78 is 0. The Labute approximate surface area is 158 Å². The summed E-state index contributed by atoms with van der Waals surface area (Å²) in [6.45, 7) is 10.9. The molecule has 0 radical (unpaired) electrons. The maximum Gasteiger partial charge on any atom is 0.312 e. The van der Waals surface area contributed by atoms with Crippen LogP contribution in [0.15, 0.2) is 24.3 Å². The predicted molar refractivity (Wildman–Crippen MR) is 106 cm³/mol. The number of anilines is 1. The van der Waals surface area contributed by atoms with Crippen LogP contribution in [0.4, 0.5) is 5.69 Å². The average Bonchev–Trinajstić information content (AvgIpc) is 2.66. The number of amides is 2. The first-order valence-corrected chi connectivity index (χ1v) is 10.0. The van der Waals surface area contributed by atoms with Crippen LogP contribution in [0, 0.1) is 0 Å². The maximum atomic E-state index is 12.4. The van der Waals surface area contributed by atoms with Gasteiger partial charge in [0.2, 0.25) is 0 Å². The first-order valence-electron chi connectivity index (χ1n) is 10.0. The van der Waals surface area contributed by atoms with Gasteiger partial charge in [0.15, 0.2) is 0 Å². The van der Waals surface area contributed by atoms with Crippen molar-refractivity contribution in [2.75, 3.05) is 37.6 Å². The lowest BCUT2D eigenvalue weighted by molar-refractivity contribution is -0.156. The molecule has 1 aliphatic heterocycles. The van der Waals surface area contributed by atoms with Crippen LogP contribution in [0.3, 0.4) is 0 Å². The Balaban J connectivity index is 1.89. The van der Waals surface area contributed by atoms with Crippen molar-refractivity contribution in [1.29, 1.82) is 0 Å². The molecule has 2 amide bonds. The van der Waals surface area contributed by atoms with Gasteiger partial charge in [-0.15, -0.1) is 0 Å². The number of rotatable bonds is 10. The Morgan fingerprint density at radius 2 is 1.46 bits per heavy atom. The van der Waals surface area contributed by atoms with Gasteiger partial charge in [0.05, 0.1) is 0 Å². The van der Waals surface area contributed by atoms with Crippen LogP contribution >= 0.6 is 0 Å². The van der Waals surface area contributed by atoms with E-state index in [1.807, 2.05) is 0 Å². The third kappa shape index (κ3) is 5.23. The standard InChI is InChI=1S/C21H33N3O2/c1-4-7-8-9-14-23-15-16-24(21(26)20(23)25)17-18-10-12-19(13-11-18)22(5-2)6-3/h10-13H,4-9,14-17H2,1-3H3. The van der Waals surface area contributed by atoms with Crippen LogP contribution < -0.4 is 4.90 Å². The number of unbranched alkanes of at least 4 members (excludes halogenated alkanes) is 3. The van der Waals surface area contributed by atoms with Crippen molar-refractivity contribution >= 4 is 17.5 Å². The number of hydrogen-bond acceptors (Lipinski definition) is 3. The molecule has 0 N–H and O–H groups in total. The smallest absolute Gasteiger partial charge is 0.312 e. The summed E-state index contributed by atoms with van der Waals surface area (Å²) in [6, 6.07) is 8.31. The number of benzene rings is 1. The topological polar surface area (TPSA) is 43.9 Å². The van der Waals surface area contributed by atoms with Crippen molar-refractivity contribution in [3.05, 3.63) is 29.8 Å². The van der Waals surface area contributed by atoms with Crippen molar-refractivity contribution in [2.45, 2.75) is 53.0 Å². The summed E-state index contributed by atoms with van der Waals surface area (Å²) >= 11 is 0. The van der Waals surface area contributed by atoms with E-state index < -0.39 is 0 Å². The van der Waals surface area contributed by atoms with Crippen molar-refractivity contribution in [2.24, 2.45) is 0 Å². The first-order chi connectivity index (χ1) is 12.6. The van der Waals surface area contributed by atoms with E-state index in [-0.39, 0.29) is 11.8 Å². The molecule has 0 spiro atoms. The quantitative estimate of drug-likeness (QED) is 0.476. The fourth-order valence-corrected chi connectivity index (χ4v) is 3.43. The highest BCUT2D eigenvalue weighted by molar-refractivity contribution is 6.35. The van der Waals surface area contributed by atoms with Gasteiger partial charge >= 0.3 is 11.8 Å². The molecule has 0 aromatic heterocycles. The van der Waals surface area contributed by atoms with Crippen LogP contribution in [0.5, 0.6) is 0 Å². The molecular formula is C21H33N3O2. The van der Waals surface area contributed by atoms with E-state index >= 15 is 0 Å². The molecule has 1 aromatic rings. The van der Waals surface area contributed by atoms with Gasteiger partial charge in [-0.3, -0.25) is 9.59 Å². The van der Waals surface area contributed by atoms with Gasteiger partial charge < -0.3 is 14.7 Å². The predicted octanol–water partition coefficient (Wildman–Crippen LogP) is 3.28. The SMILES string of the molecule is CCCCCCN1CCN(Cc2ccc(N(CC)CC)cc2)C(=O)C1=O. The van der Waals surface area contributed by atoms with E-state index in [2.05, 4.69) is 49.9 Å². The van der Waals surface area contributed by atoms with E-state index in [0.29, 0.717) is 26.2 Å². The Kier molecular flexibility index (Phi) is 7.95. The minimum Gasteiger partial charge on any atom is -0.372 e. The highest BCUT2D eigenvalue weighted by Gasteiger charge is 2.31. The summed E-state index contributed by atoms with van der Waals surface area (Å²) in [6.07, 6.45) is 4.47. The summed E-state index contributed by atoms with van der Waals surface area (Å²) in [4.78, 5) is 30.4. The molecular weight excluding hydrogens is 326 g/mol. The van der Waals surface area contributed by atoms with Gasteiger partial charge in [-0.1, -0.05) is 38.3 Å². The van der Waals surface area contributed by atoms with E-state index in [1.165, 1.54) is 18.5 Å². The summed E-state index contributed by atoms with van der Waals surface area (Å²) in [7, 11) is 0. The van der Waals surface area contributed by atoms with E-state index in [9.17, 15) is 9.59 Å². The third-order valence-corrected chi connectivity index (χ3v) is 5.12. The van der Waals surface area contributed by atoms with E-state index in [0.717, 1.165) is 31.5 Å². The second-order valence-corrected chi connectivity index (χ2v) is 6.92. The van der Waals surface area contributed by atoms with Gasteiger partial charge in [0.25, 0.3) is 0 Å². The number of hydrogen-bond donors (Lipinski definition) is 0. The Morgan fingerprint density at radius 1 is 0.846 bits per heavy atom. The molecule has 1 saturated heterocycles. The molecule has 0 atom stereocenters. The number of carbonyl (C=O) groups is 2. The number of nitrogens with zero attached hydrogens (tertiary/aromatic N) is 3. The molecule has 0 unspecified atom stereocenters. The lowest BCUT2D eigenvalue weighted by atomic mass is 10.1. The summed E-state index contributed by atoms with van der Waals surface area (Å²) in [5, 5.41) is 0. The monoisotopic (exact) mass is 359 g/mol. The van der Waals surface area contributed by atoms with Crippen molar-refractivity contribution in [3.63, 3.8) is 0 Å². The average molecular weight is 360 g/mol. The zero-order valence-electron chi connectivity index (χ0n) is 16.5. The van der Waals surface area contributed by atoms with Gasteiger partial charge in [-0.25, -0.2) is 0 Å². The zero-order chi connectivity index (χ0) is 18.9. The molecule has 1 heterocycles. The van der Waals surface area contributed by atoms with E-state index in [1.54, 1.807) is 9.80 Å². The first kappa shape index (κ1) is 20.3. The minimum absolute atomic E-state index is 0.340.